The normalized spacial score (nSPS) is 16.8. The fraction of sp³-hybridized carbons (Fsp3) is 0.375. The highest BCUT2D eigenvalue weighted by Gasteiger charge is 2.24. The monoisotopic (exact) mass is 393 g/mol. The summed E-state index contributed by atoms with van der Waals surface area (Å²) in [6, 6.07) is 12.9. The second-order valence-corrected chi connectivity index (χ2v) is 8.12. The van der Waals surface area contributed by atoms with Gasteiger partial charge in [-0.1, -0.05) is 6.92 Å². The average Bonchev–Trinajstić information content (AvgIpc) is 3.21. The molecule has 1 aliphatic rings. The first kappa shape index (κ1) is 19.8. The molecule has 0 radical (unpaired) electrons. The van der Waals surface area contributed by atoms with Crippen molar-refractivity contribution in [3.63, 3.8) is 0 Å². The van der Waals surface area contributed by atoms with E-state index in [1.54, 1.807) is 12.4 Å². The number of benzene rings is 1. The average molecular weight is 394 g/mol. The summed E-state index contributed by atoms with van der Waals surface area (Å²) < 4.78 is 13.4. The molecule has 0 aliphatic carbocycles. The van der Waals surface area contributed by atoms with Crippen LogP contribution >= 0.6 is 0 Å². The van der Waals surface area contributed by atoms with Crippen LogP contribution in [0.4, 0.5) is 4.39 Å². The number of nitrogens with one attached hydrogen (secondary N) is 1. The zero-order valence-corrected chi connectivity index (χ0v) is 16.8. The van der Waals surface area contributed by atoms with Crippen molar-refractivity contribution in [2.45, 2.75) is 25.7 Å². The molecule has 4 nitrogen and oxygen atoms in total. The summed E-state index contributed by atoms with van der Waals surface area (Å²) in [6.45, 7) is 5.38. The lowest BCUT2D eigenvalue weighted by Gasteiger charge is -2.33. The van der Waals surface area contributed by atoms with Crippen molar-refractivity contribution < 1.29 is 9.50 Å². The predicted octanol–water partition coefficient (Wildman–Crippen LogP) is 4.69. The maximum Gasteiger partial charge on any atom is 0.123 e. The summed E-state index contributed by atoms with van der Waals surface area (Å²) in [5.74, 6) is 0.571. The van der Waals surface area contributed by atoms with Crippen molar-refractivity contribution >= 4 is 0 Å². The Morgan fingerprint density at radius 1 is 1.10 bits per heavy atom. The third-order valence-electron chi connectivity index (χ3n) is 5.87. The minimum Gasteiger partial charge on any atom is -0.396 e. The van der Waals surface area contributed by atoms with Crippen LogP contribution in [0, 0.1) is 11.7 Å². The van der Waals surface area contributed by atoms with Crippen molar-refractivity contribution in [1.29, 1.82) is 0 Å². The van der Waals surface area contributed by atoms with Gasteiger partial charge in [-0.15, -0.1) is 0 Å². The van der Waals surface area contributed by atoms with Crippen molar-refractivity contribution in [2.75, 3.05) is 26.2 Å². The summed E-state index contributed by atoms with van der Waals surface area (Å²) in [5.41, 5.74) is 5.49. The molecule has 0 saturated carbocycles. The number of aliphatic hydroxyl groups excluding tert-OH is 1. The highest BCUT2D eigenvalue weighted by atomic mass is 19.1. The second kappa shape index (κ2) is 8.89. The number of aromatic amines is 1. The molecule has 29 heavy (non-hydrogen) atoms. The van der Waals surface area contributed by atoms with Gasteiger partial charge in [-0.25, -0.2) is 4.39 Å². The van der Waals surface area contributed by atoms with Gasteiger partial charge in [0.15, 0.2) is 0 Å². The quantitative estimate of drug-likeness (QED) is 0.639. The van der Waals surface area contributed by atoms with Crippen molar-refractivity contribution in [2.24, 2.45) is 5.92 Å². The summed E-state index contributed by atoms with van der Waals surface area (Å²) in [4.78, 5) is 10.2. The minimum atomic E-state index is -0.226. The molecule has 3 aromatic rings. The Hall–Kier alpha value is -2.50. The number of pyridine rings is 1. The molecule has 1 aromatic carbocycles. The van der Waals surface area contributed by atoms with E-state index in [9.17, 15) is 9.50 Å². The first-order chi connectivity index (χ1) is 14.1. The van der Waals surface area contributed by atoms with E-state index < -0.39 is 0 Å². The van der Waals surface area contributed by atoms with Crippen LogP contribution in [-0.4, -0.2) is 46.2 Å². The number of hydrogen-bond donors (Lipinski definition) is 2. The molecule has 0 spiro atoms. The van der Waals surface area contributed by atoms with Crippen LogP contribution in [0.25, 0.3) is 22.4 Å². The van der Waals surface area contributed by atoms with Gasteiger partial charge in [0.1, 0.15) is 5.82 Å². The molecule has 0 bridgehead atoms. The smallest absolute Gasteiger partial charge is 0.123 e. The van der Waals surface area contributed by atoms with Crippen LogP contribution in [0.2, 0.25) is 0 Å². The standard InChI is InChI=1S/C24H28FN3O/c1-17(16-29)15-28-12-8-19(9-13-28)23-14-22(18-6-10-26-11-7-18)24(27-23)20-2-4-21(25)5-3-20/h2-7,10-11,14,17,19,27,29H,8-9,12-13,15-16H2,1H3/t17-/m0/s1. The number of rotatable bonds is 6. The number of H-pyrrole nitrogens is 1. The van der Waals surface area contributed by atoms with Crippen LogP contribution in [-0.2, 0) is 0 Å². The van der Waals surface area contributed by atoms with E-state index in [0.29, 0.717) is 11.8 Å². The van der Waals surface area contributed by atoms with Crippen LogP contribution in [0.3, 0.4) is 0 Å². The number of aliphatic hydroxyl groups is 1. The Morgan fingerprint density at radius 3 is 2.45 bits per heavy atom. The van der Waals surface area contributed by atoms with Gasteiger partial charge in [-0.2, -0.15) is 0 Å². The van der Waals surface area contributed by atoms with E-state index in [1.165, 1.54) is 17.8 Å². The number of aromatic nitrogens is 2. The largest absolute Gasteiger partial charge is 0.396 e. The SMILES string of the molecule is C[C@H](CO)CN1CCC(c2cc(-c3ccncc3)c(-c3ccc(F)cc3)[nH]2)CC1. The van der Waals surface area contributed by atoms with Crippen molar-refractivity contribution in [3.05, 3.63) is 66.4 Å². The fourth-order valence-corrected chi connectivity index (χ4v) is 4.22. The Kier molecular flexibility index (Phi) is 6.07. The number of piperidine rings is 1. The summed E-state index contributed by atoms with van der Waals surface area (Å²) in [5, 5.41) is 9.30. The van der Waals surface area contributed by atoms with Gasteiger partial charge in [-0.3, -0.25) is 4.98 Å². The lowest BCUT2D eigenvalue weighted by molar-refractivity contribution is 0.148. The van der Waals surface area contributed by atoms with Crippen LogP contribution in [0.5, 0.6) is 0 Å². The molecule has 1 saturated heterocycles. The first-order valence-corrected chi connectivity index (χ1v) is 10.4. The Balaban J connectivity index is 1.60. The number of nitrogens with zero attached hydrogens (tertiary/aromatic N) is 2. The van der Waals surface area contributed by atoms with Gasteiger partial charge in [0.25, 0.3) is 0 Å². The molecule has 152 valence electrons. The second-order valence-electron chi connectivity index (χ2n) is 8.12. The maximum atomic E-state index is 13.4. The lowest BCUT2D eigenvalue weighted by Crippen LogP contribution is -2.36. The topological polar surface area (TPSA) is 52.1 Å². The van der Waals surface area contributed by atoms with Gasteiger partial charge < -0.3 is 15.0 Å². The van der Waals surface area contributed by atoms with Gasteiger partial charge in [0, 0.05) is 42.7 Å². The molecule has 1 fully saturated rings. The Morgan fingerprint density at radius 2 is 1.79 bits per heavy atom. The molecule has 2 N–H and O–H groups in total. The summed E-state index contributed by atoms with van der Waals surface area (Å²) in [7, 11) is 0. The summed E-state index contributed by atoms with van der Waals surface area (Å²) >= 11 is 0. The highest BCUT2D eigenvalue weighted by molar-refractivity contribution is 5.82. The summed E-state index contributed by atoms with van der Waals surface area (Å²) in [6.07, 6.45) is 5.79. The number of hydrogen-bond acceptors (Lipinski definition) is 3. The van der Waals surface area contributed by atoms with E-state index in [4.69, 9.17) is 0 Å². The lowest BCUT2D eigenvalue weighted by atomic mass is 9.92. The zero-order valence-electron chi connectivity index (χ0n) is 16.8. The number of likely N-dealkylation sites (tertiary alicyclic amines) is 1. The zero-order chi connectivity index (χ0) is 20.2. The Labute approximate surface area is 171 Å². The van der Waals surface area contributed by atoms with Crippen molar-refractivity contribution in [1.82, 2.24) is 14.9 Å². The predicted molar refractivity (Wildman–Crippen MR) is 114 cm³/mol. The molecular formula is C24H28FN3O. The molecule has 2 aromatic heterocycles. The van der Waals surface area contributed by atoms with E-state index in [-0.39, 0.29) is 12.4 Å². The van der Waals surface area contributed by atoms with Gasteiger partial charge >= 0.3 is 0 Å². The minimum absolute atomic E-state index is 0.226. The van der Waals surface area contributed by atoms with E-state index in [0.717, 1.165) is 54.9 Å². The van der Waals surface area contributed by atoms with Crippen molar-refractivity contribution in [3.8, 4) is 22.4 Å². The van der Waals surface area contributed by atoms with E-state index >= 15 is 0 Å². The fourth-order valence-electron chi connectivity index (χ4n) is 4.22. The van der Waals surface area contributed by atoms with Crippen LogP contribution in [0.1, 0.15) is 31.4 Å². The molecule has 1 aliphatic heterocycles. The van der Waals surface area contributed by atoms with E-state index in [1.807, 2.05) is 24.3 Å². The maximum absolute atomic E-state index is 13.4. The van der Waals surface area contributed by atoms with Gasteiger partial charge in [0.05, 0.1) is 5.69 Å². The van der Waals surface area contributed by atoms with Crippen LogP contribution < -0.4 is 0 Å². The van der Waals surface area contributed by atoms with Crippen LogP contribution in [0.15, 0.2) is 54.9 Å². The first-order valence-electron chi connectivity index (χ1n) is 10.4. The van der Waals surface area contributed by atoms with Gasteiger partial charge in [0.2, 0.25) is 0 Å². The molecule has 5 heteroatoms. The molecule has 4 rings (SSSR count). The Bertz CT molecular complexity index is 915. The number of halogens is 1. The molecule has 0 unspecified atom stereocenters. The van der Waals surface area contributed by atoms with Gasteiger partial charge in [-0.05, 0) is 85.4 Å². The third-order valence-corrected chi connectivity index (χ3v) is 5.87. The molecular weight excluding hydrogens is 365 g/mol. The highest BCUT2D eigenvalue weighted by Crippen LogP contribution is 2.37. The van der Waals surface area contributed by atoms with E-state index in [2.05, 4.69) is 27.9 Å². The molecule has 1 atom stereocenters. The molecule has 3 heterocycles. The third kappa shape index (κ3) is 4.57. The molecule has 0 amide bonds.